The molecule has 0 aliphatic heterocycles. The lowest BCUT2D eigenvalue weighted by Gasteiger charge is -2.28. The highest BCUT2D eigenvalue weighted by atomic mass is 16.1. The van der Waals surface area contributed by atoms with Crippen molar-refractivity contribution in [1.82, 2.24) is 0 Å². The van der Waals surface area contributed by atoms with E-state index in [2.05, 4.69) is 6.07 Å². The summed E-state index contributed by atoms with van der Waals surface area (Å²) in [6, 6.07) is 7.81. The summed E-state index contributed by atoms with van der Waals surface area (Å²) in [7, 11) is 0. The van der Waals surface area contributed by atoms with Gasteiger partial charge in [0.2, 0.25) is 5.91 Å². The summed E-state index contributed by atoms with van der Waals surface area (Å²) < 4.78 is 0. The van der Waals surface area contributed by atoms with Crippen molar-refractivity contribution in [2.24, 2.45) is 5.73 Å². The number of nitrogens with zero attached hydrogens (tertiary/aromatic N) is 1. The SMILES string of the molecule is CCN(c1cccc(C)c1)C(C)C(N)=O. The van der Waals surface area contributed by atoms with Gasteiger partial charge in [0, 0.05) is 12.2 Å². The molecule has 15 heavy (non-hydrogen) atoms. The number of nitrogens with two attached hydrogens (primary N) is 1. The number of primary amides is 1. The Kier molecular flexibility index (Phi) is 3.72. The highest BCUT2D eigenvalue weighted by Gasteiger charge is 2.17. The first-order valence-corrected chi connectivity index (χ1v) is 5.19. The second kappa shape index (κ2) is 4.82. The van der Waals surface area contributed by atoms with Gasteiger partial charge >= 0.3 is 0 Å². The van der Waals surface area contributed by atoms with Crippen LogP contribution >= 0.6 is 0 Å². The molecular formula is C12H18N2O. The first-order valence-electron chi connectivity index (χ1n) is 5.19. The van der Waals surface area contributed by atoms with E-state index in [1.54, 1.807) is 0 Å². The van der Waals surface area contributed by atoms with Crippen LogP contribution in [0.25, 0.3) is 0 Å². The summed E-state index contributed by atoms with van der Waals surface area (Å²) in [6.07, 6.45) is 0. The van der Waals surface area contributed by atoms with Crippen LogP contribution in [0.15, 0.2) is 24.3 Å². The molecular weight excluding hydrogens is 188 g/mol. The van der Waals surface area contributed by atoms with Crippen molar-refractivity contribution in [3.63, 3.8) is 0 Å². The quantitative estimate of drug-likeness (QED) is 0.815. The van der Waals surface area contributed by atoms with E-state index in [0.717, 1.165) is 12.2 Å². The van der Waals surface area contributed by atoms with Gasteiger partial charge in [0.15, 0.2) is 0 Å². The van der Waals surface area contributed by atoms with E-state index in [1.165, 1.54) is 5.56 Å². The fourth-order valence-corrected chi connectivity index (χ4v) is 1.64. The van der Waals surface area contributed by atoms with Crippen LogP contribution in [0.1, 0.15) is 19.4 Å². The molecule has 1 aromatic carbocycles. The van der Waals surface area contributed by atoms with Gasteiger partial charge in [-0.25, -0.2) is 0 Å². The number of rotatable bonds is 4. The molecule has 0 bridgehead atoms. The molecule has 0 aliphatic carbocycles. The molecule has 1 atom stereocenters. The average Bonchev–Trinajstić information content (AvgIpc) is 2.18. The molecule has 0 heterocycles. The third kappa shape index (κ3) is 2.72. The van der Waals surface area contributed by atoms with Crippen LogP contribution in [-0.2, 0) is 4.79 Å². The van der Waals surface area contributed by atoms with Gasteiger partial charge < -0.3 is 10.6 Å². The van der Waals surface area contributed by atoms with E-state index < -0.39 is 0 Å². The maximum absolute atomic E-state index is 11.1. The van der Waals surface area contributed by atoms with Crippen molar-refractivity contribution in [3.05, 3.63) is 29.8 Å². The molecule has 0 saturated carbocycles. The first kappa shape index (κ1) is 11.6. The van der Waals surface area contributed by atoms with Crippen LogP contribution in [-0.4, -0.2) is 18.5 Å². The molecule has 1 unspecified atom stereocenters. The monoisotopic (exact) mass is 206 g/mol. The lowest BCUT2D eigenvalue weighted by Crippen LogP contribution is -2.42. The van der Waals surface area contributed by atoms with Crippen molar-refractivity contribution in [3.8, 4) is 0 Å². The Bertz CT molecular complexity index is 349. The van der Waals surface area contributed by atoms with Gasteiger partial charge in [-0.15, -0.1) is 0 Å². The molecule has 0 spiro atoms. The van der Waals surface area contributed by atoms with Crippen LogP contribution in [0, 0.1) is 6.92 Å². The number of carbonyl (C=O) groups excluding carboxylic acids is 1. The molecule has 1 rings (SSSR count). The maximum atomic E-state index is 11.1. The van der Waals surface area contributed by atoms with Crippen LogP contribution in [0.4, 0.5) is 5.69 Å². The van der Waals surface area contributed by atoms with Crippen molar-refractivity contribution in [2.45, 2.75) is 26.8 Å². The zero-order chi connectivity index (χ0) is 11.4. The van der Waals surface area contributed by atoms with Crippen molar-refractivity contribution in [1.29, 1.82) is 0 Å². The highest BCUT2D eigenvalue weighted by Crippen LogP contribution is 2.17. The lowest BCUT2D eigenvalue weighted by molar-refractivity contribution is -0.118. The summed E-state index contributed by atoms with van der Waals surface area (Å²) in [6.45, 7) is 6.65. The molecule has 1 amide bonds. The molecule has 3 heteroatoms. The molecule has 2 N–H and O–H groups in total. The van der Waals surface area contributed by atoms with Crippen LogP contribution in [0.5, 0.6) is 0 Å². The fourth-order valence-electron chi connectivity index (χ4n) is 1.64. The zero-order valence-electron chi connectivity index (χ0n) is 9.53. The summed E-state index contributed by atoms with van der Waals surface area (Å²) >= 11 is 0. The zero-order valence-corrected chi connectivity index (χ0v) is 9.53. The number of carbonyl (C=O) groups is 1. The molecule has 0 aliphatic rings. The standard InChI is InChI=1S/C12H18N2O/c1-4-14(10(3)12(13)15)11-7-5-6-9(2)8-11/h5-8,10H,4H2,1-3H3,(H2,13,15). The third-order valence-electron chi connectivity index (χ3n) is 2.55. The summed E-state index contributed by atoms with van der Waals surface area (Å²) in [5.74, 6) is -0.293. The van der Waals surface area contributed by atoms with Gasteiger partial charge in [-0.1, -0.05) is 12.1 Å². The van der Waals surface area contributed by atoms with Crippen molar-refractivity contribution < 1.29 is 4.79 Å². The largest absolute Gasteiger partial charge is 0.368 e. The second-order valence-electron chi connectivity index (χ2n) is 3.70. The summed E-state index contributed by atoms with van der Waals surface area (Å²) in [4.78, 5) is 13.1. The molecule has 82 valence electrons. The van der Waals surface area contributed by atoms with E-state index in [-0.39, 0.29) is 11.9 Å². The topological polar surface area (TPSA) is 46.3 Å². The number of anilines is 1. The molecule has 1 aromatic rings. The second-order valence-corrected chi connectivity index (χ2v) is 3.70. The highest BCUT2D eigenvalue weighted by molar-refractivity contribution is 5.83. The van der Waals surface area contributed by atoms with Gasteiger partial charge in [-0.3, -0.25) is 4.79 Å². The maximum Gasteiger partial charge on any atom is 0.239 e. The van der Waals surface area contributed by atoms with Gasteiger partial charge in [0.05, 0.1) is 0 Å². The first-order chi connectivity index (χ1) is 7.06. The lowest BCUT2D eigenvalue weighted by atomic mass is 10.1. The molecule has 0 saturated heterocycles. The smallest absolute Gasteiger partial charge is 0.239 e. The van der Waals surface area contributed by atoms with Gasteiger partial charge in [-0.2, -0.15) is 0 Å². The molecule has 3 nitrogen and oxygen atoms in total. The normalized spacial score (nSPS) is 12.2. The van der Waals surface area contributed by atoms with Crippen LogP contribution in [0.2, 0.25) is 0 Å². The number of likely N-dealkylation sites (N-methyl/N-ethyl adjacent to an activating group) is 1. The Labute approximate surface area is 90.9 Å². The van der Waals surface area contributed by atoms with Gasteiger partial charge in [-0.05, 0) is 38.5 Å². The number of benzene rings is 1. The summed E-state index contributed by atoms with van der Waals surface area (Å²) in [5.41, 5.74) is 7.54. The van der Waals surface area contributed by atoms with E-state index in [9.17, 15) is 4.79 Å². The Hall–Kier alpha value is -1.51. The number of hydrogen-bond donors (Lipinski definition) is 1. The minimum Gasteiger partial charge on any atom is -0.368 e. The van der Waals surface area contributed by atoms with Crippen LogP contribution < -0.4 is 10.6 Å². The molecule has 0 aromatic heterocycles. The van der Waals surface area contributed by atoms with Gasteiger partial charge in [0.1, 0.15) is 6.04 Å². The Balaban J connectivity index is 2.97. The fraction of sp³-hybridized carbons (Fsp3) is 0.417. The van der Waals surface area contributed by atoms with E-state index in [1.807, 2.05) is 43.9 Å². The number of hydrogen-bond acceptors (Lipinski definition) is 2. The Morgan fingerprint density at radius 3 is 2.67 bits per heavy atom. The number of amides is 1. The van der Waals surface area contributed by atoms with Crippen molar-refractivity contribution >= 4 is 11.6 Å². The predicted octanol–water partition coefficient (Wildman–Crippen LogP) is 1.70. The third-order valence-corrected chi connectivity index (χ3v) is 2.55. The van der Waals surface area contributed by atoms with E-state index in [4.69, 9.17) is 5.73 Å². The van der Waals surface area contributed by atoms with E-state index in [0.29, 0.717) is 0 Å². The Morgan fingerprint density at radius 1 is 1.53 bits per heavy atom. The Morgan fingerprint density at radius 2 is 2.20 bits per heavy atom. The average molecular weight is 206 g/mol. The van der Waals surface area contributed by atoms with Crippen molar-refractivity contribution in [2.75, 3.05) is 11.4 Å². The van der Waals surface area contributed by atoms with Gasteiger partial charge in [0.25, 0.3) is 0 Å². The minimum absolute atomic E-state index is 0.267. The molecule has 0 radical (unpaired) electrons. The van der Waals surface area contributed by atoms with Crippen LogP contribution in [0.3, 0.4) is 0 Å². The predicted molar refractivity (Wildman–Crippen MR) is 62.9 cm³/mol. The van der Waals surface area contributed by atoms with E-state index >= 15 is 0 Å². The number of aryl methyl sites for hydroxylation is 1. The molecule has 0 fully saturated rings. The minimum atomic E-state index is -0.293. The summed E-state index contributed by atoms with van der Waals surface area (Å²) in [5, 5.41) is 0.